The van der Waals surface area contributed by atoms with Crippen molar-refractivity contribution >= 4 is 14.3 Å². The van der Waals surface area contributed by atoms with Crippen molar-refractivity contribution in [2.45, 2.75) is 111 Å². The number of cyclic esters (lactones) is 1. The monoisotopic (exact) mass is 454 g/mol. The van der Waals surface area contributed by atoms with Crippen LogP contribution in [0.1, 0.15) is 72.6 Å². The van der Waals surface area contributed by atoms with E-state index in [2.05, 4.69) is 33.5 Å². The molecule has 1 saturated heterocycles. The van der Waals surface area contributed by atoms with Gasteiger partial charge < -0.3 is 18.6 Å². The molecular formula is C25H46O5Si. The van der Waals surface area contributed by atoms with Crippen molar-refractivity contribution in [3.05, 3.63) is 0 Å². The second kappa shape index (κ2) is 10.2. The van der Waals surface area contributed by atoms with E-state index < -0.39 is 8.32 Å². The summed E-state index contributed by atoms with van der Waals surface area (Å²) < 4.78 is 23.5. The van der Waals surface area contributed by atoms with Gasteiger partial charge in [0, 0.05) is 12.7 Å². The predicted octanol–water partition coefficient (Wildman–Crippen LogP) is 5.78. The molecule has 0 N–H and O–H groups in total. The lowest BCUT2D eigenvalue weighted by molar-refractivity contribution is -0.154. The minimum atomic E-state index is -1.53. The number of esters is 1. The Kier molecular flexibility index (Phi) is 8.31. The van der Waals surface area contributed by atoms with Gasteiger partial charge in [-0.05, 0) is 95.2 Å². The quantitative estimate of drug-likeness (QED) is 0.238. The highest BCUT2D eigenvalue weighted by Crippen LogP contribution is 2.59. The molecule has 0 aromatic carbocycles. The molecule has 2 saturated carbocycles. The van der Waals surface area contributed by atoms with Crippen molar-refractivity contribution in [2.75, 3.05) is 13.2 Å². The summed E-state index contributed by atoms with van der Waals surface area (Å²) in [6, 6.07) is 0. The minimum absolute atomic E-state index is 0.0266. The summed E-state index contributed by atoms with van der Waals surface area (Å²) in [5, 5.41) is 0. The smallest absolute Gasteiger partial charge is 0.311 e. The summed E-state index contributed by atoms with van der Waals surface area (Å²) in [5.74, 6) is 1.68. The fourth-order valence-electron chi connectivity index (χ4n) is 6.81. The summed E-state index contributed by atoms with van der Waals surface area (Å²) in [4.78, 5) is 12.4. The fourth-order valence-corrected chi connectivity index (χ4v) is 8.00. The first-order valence-corrected chi connectivity index (χ1v) is 16.1. The molecule has 0 bridgehead atoms. The average Bonchev–Trinajstić information content (AvgIpc) is 3.18. The van der Waals surface area contributed by atoms with E-state index in [-0.39, 0.29) is 24.3 Å². The third kappa shape index (κ3) is 6.13. The Hall–Kier alpha value is -0.433. The van der Waals surface area contributed by atoms with E-state index in [1.54, 1.807) is 0 Å². The van der Waals surface area contributed by atoms with Crippen molar-refractivity contribution < 1.29 is 23.4 Å². The van der Waals surface area contributed by atoms with Gasteiger partial charge in [0.25, 0.3) is 0 Å². The van der Waals surface area contributed by atoms with Crippen molar-refractivity contribution in [2.24, 2.45) is 29.1 Å². The van der Waals surface area contributed by atoms with E-state index in [1.807, 2.05) is 13.8 Å². The normalized spacial score (nSPS) is 38.0. The Morgan fingerprint density at radius 3 is 2.58 bits per heavy atom. The van der Waals surface area contributed by atoms with Crippen LogP contribution in [0, 0.1) is 29.1 Å². The fraction of sp³-hybridized carbons (Fsp3) is 0.960. The molecule has 8 atom stereocenters. The third-order valence-corrected chi connectivity index (χ3v) is 9.07. The first-order chi connectivity index (χ1) is 14.5. The molecule has 6 heteroatoms. The lowest BCUT2D eigenvalue weighted by Gasteiger charge is -2.48. The average molecular weight is 455 g/mol. The molecule has 2 aliphatic carbocycles. The molecule has 0 aromatic rings. The maximum absolute atomic E-state index is 12.4. The molecule has 0 radical (unpaired) electrons. The second-order valence-electron chi connectivity index (χ2n) is 11.5. The first-order valence-electron chi connectivity index (χ1n) is 12.6. The first kappa shape index (κ1) is 25.2. The molecule has 0 spiro atoms. The largest absolute Gasteiger partial charge is 0.462 e. The molecule has 3 rings (SSSR count). The lowest BCUT2D eigenvalue weighted by Crippen LogP contribution is -2.46. The molecule has 31 heavy (non-hydrogen) atoms. The van der Waals surface area contributed by atoms with Gasteiger partial charge in [-0.25, -0.2) is 0 Å². The van der Waals surface area contributed by atoms with Crippen LogP contribution in [0.4, 0.5) is 0 Å². The SMILES string of the molecule is CCO[C@@H](C)OC[C@H]1C[C@@H](CC(C)C2CC[C@@H]3C(O[Si](C)(C)C)CCC[C@@]23C)OC1=O. The van der Waals surface area contributed by atoms with Gasteiger partial charge >= 0.3 is 5.97 Å². The predicted molar refractivity (Wildman–Crippen MR) is 125 cm³/mol. The van der Waals surface area contributed by atoms with Crippen LogP contribution in [0.2, 0.25) is 19.6 Å². The minimum Gasteiger partial charge on any atom is -0.462 e. The van der Waals surface area contributed by atoms with Crippen LogP contribution in [0.15, 0.2) is 0 Å². The van der Waals surface area contributed by atoms with Gasteiger partial charge in [-0.2, -0.15) is 0 Å². The van der Waals surface area contributed by atoms with Crippen molar-refractivity contribution in [1.82, 2.24) is 0 Å². The molecule has 3 fully saturated rings. The van der Waals surface area contributed by atoms with Crippen LogP contribution >= 0.6 is 0 Å². The number of fused-ring (bicyclic) bond motifs is 1. The zero-order chi connectivity index (χ0) is 22.8. The maximum atomic E-state index is 12.4. The zero-order valence-electron chi connectivity index (χ0n) is 20.9. The Labute approximate surface area is 191 Å². The molecule has 5 nitrogen and oxygen atoms in total. The standard InChI is InChI=1S/C25H46O5Si/c1-8-27-18(3)28-16-19-15-20(29-24(19)26)14-17(2)21-11-12-22-23(30-31(5,6)7)10-9-13-25(21,22)4/h17-23H,8-16H2,1-7H3/t17?,18-,19-,20-,21?,22-,23?,25+/m1/s1. The van der Waals surface area contributed by atoms with Crippen LogP contribution in [0.3, 0.4) is 0 Å². The van der Waals surface area contributed by atoms with Crippen LogP contribution in [0.25, 0.3) is 0 Å². The summed E-state index contributed by atoms with van der Waals surface area (Å²) in [6.07, 6.45) is 8.34. The molecule has 0 aromatic heterocycles. The number of rotatable bonds is 10. The lowest BCUT2D eigenvalue weighted by atomic mass is 9.61. The Morgan fingerprint density at radius 1 is 1.16 bits per heavy atom. The number of hydrogen-bond acceptors (Lipinski definition) is 5. The highest BCUT2D eigenvalue weighted by Gasteiger charge is 2.53. The highest BCUT2D eigenvalue weighted by molar-refractivity contribution is 6.69. The van der Waals surface area contributed by atoms with E-state index in [0.29, 0.717) is 42.5 Å². The van der Waals surface area contributed by atoms with Crippen LogP contribution in [-0.4, -0.2) is 46.0 Å². The van der Waals surface area contributed by atoms with E-state index in [9.17, 15) is 4.79 Å². The Morgan fingerprint density at radius 2 is 1.90 bits per heavy atom. The third-order valence-electron chi connectivity index (χ3n) is 8.06. The Balaban J connectivity index is 1.55. The van der Waals surface area contributed by atoms with Crippen LogP contribution in [-0.2, 0) is 23.4 Å². The van der Waals surface area contributed by atoms with Crippen LogP contribution < -0.4 is 0 Å². The molecule has 3 unspecified atom stereocenters. The maximum Gasteiger partial charge on any atom is 0.311 e. The van der Waals surface area contributed by atoms with Crippen molar-refractivity contribution in [3.63, 3.8) is 0 Å². The van der Waals surface area contributed by atoms with Gasteiger partial charge in [0.05, 0.1) is 12.5 Å². The number of ether oxygens (including phenoxy) is 3. The number of carbonyl (C=O) groups excluding carboxylic acids is 1. The van der Waals surface area contributed by atoms with Gasteiger partial charge in [-0.15, -0.1) is 0 Å². The van der Waals surface area contributed by atoms with Gasteiger partial charge in [0.2, 0.25) is 0 Å². The van der Waals surface area contributed by atoms with E-state index in [0.717, 1.165) is 12.8 Å². The van der Waals surface area contributed by atoms with Crippen molar-refractivity contribution in [1.29, 1.82) is 0 Å². The Bertz CT molecular complexity index is 605. The molecule has 3 aliphatic rings. The van der Waals surface area contributed by atoms with Crippen LogP contribution in [0.5, 0.6) is 0 Å². The topological polar surface area (TPSA) is 54.0 Å². The molecule has 1 heterocycles. The summed E-state index contributed by atoms with van der Waals surface area (Å²) in [5.41, 5.74) is 0.361. The van der Waals surface area contributed by atoms with Gasteiger partial charge in [-0.1, -0.05) is 20.3 Å². The van der Waals surface area contributed by atoms with Gasteiger partial charge in [-0.3, -0.25) is 4.79 Å². The summed E-state index contributed by atoms with van der Waals surface area (Å²) in [6.45, 7) is 16.7. The van der Waals surface area contributed by atoms with Gasteiger partial charge in [0.15, 0.2) is 14.6 Å². The second-order valence-corrected chi connectivity index (χ2v) is 16.0. The zero-order valence-corrected chi connectivity index (χ0v) is 21.9. The molecule has 180 valence electrons. The summed E-state index contributed by atoms with van der Waals surface area (Å²) in [7, 11) is -1.53. The highest BCUT2D eigenvalue weighted by atomic mass is 28.4. The van der Waals surface area contributed by atoms with E-state index >= 15 is 0 Å². The molecule has 1 aliphatic heterocycles. The number of hydrogen-bond donors (Lipinski definition) is 0. The molecule has 0 amide bonds. The van der Waals surface area contributed by atoms with E-state index in [4.69, 9.17) is 18.6 Å². The van der Waals surface area contributed by atoms with Gasteiger partial charge in [0.1, 0.15) is 6.10 Å². The van der Waals surface area contributed by atoms with E-state index in [1.165, 1.54) is 32.1 Å². The van der Waals surface area contributed by atoms with Crippen molar-refractivity contribution in [3.8, 4) is 0 Å². The summed E-state index contributed by atoms with van der Waals surface area (Å²) >= 11 is 0. The number of carbonyl (C=O) groups is 1. The molecular weight excluding hydrogens is 408 g/mol.